The van der Waals surface area contributed by atoms with E-state index in [2.05, 4.69) is 10.2 Å². The van der Waals surface area contributed by atoms with Crippen molar-refractivity contribution in [2.24, 2.45) is 11.7 Å². The molecule has 0 spiro atoms. The second kappa shape index (κ2) is 11.4. The predicted octanol–water partition coefficient (Wildman–Crippen LogP) is 4.07. The summed E-state index contributed by atoms with van der Waals surface area (Å²) in [5, 5.41) is 2.92. The molecule has 184 valence electrons. The number of likely N-dealkylation sites (tertiary alicyclic amines) is 1. The zero-order valence-electron chi connectivity index (χ0n) is 18.3. The van der Waals surface area contributed by atoms with Crippen LogP contribution in [0.25, 0.3) is 0 Å². The first-order valence-electron chi connectivity index (χ1n) is 10.7. The summed E-state index contributed by atoms with van der Waals surface area (Å²) < 4.78 is 37.4. The molecule has 6 nitrogen and oxygen atoms in total. The average Bonchev–Trinajstić information content (AvgIpc) is 2.79. The summed E-state index contributed by atoms with van der Waals surface area (Å²) in [6, 6.07) is 10.2. The second-order valence-corrected chi connectivity index (χ2v) is 9.79. The van der Waals surface area contributed by atoms with Crippen LogP contribution in [0.3, 0.4) is 0 Å². The van der Waals surface area contributed by atoms with Crippen molar-refractivity contribution in [3.8, 4) is 0 Å². The Labute approximate surface area is 205 Å². The van der Waals surface area contributed by atoms with Gasteiger partial charge in [-0.1, -0.05) is 23.7 Å². The van der Waals surface area contributed by atoms with Crippen LogP contribution in [0, 0.1) is 5.92 Å². The van der Waals surface area contributed by atoms with E-state index in [1.807, 2.05) is 0 Å². The van der Waals surface area contributed by atoms with Crippen LogP contribution in [-0.2, 0) is 11.3 Å². The highest BCUT2D eigenvalue weighted by molar-refractivity contribution is 8.00. The fraction of sp³-hybridized carbons (Fsp3) is 0.391. The third-order valence-electron chi connectivity index (χ3n) is 5.76. The number of rotatable bonds is 8. The quantitative estimate of drug-likeness (QED) is 0.362. The standard InChI is InChI=1S/C23H26ClF3N4O2S/c24-16-3-6-19(28)18(11-16)22(33)30-12-20(32)21(29)15-7-9-31(10-8-15)13-14-1-4-17(5-2-14)34-23(25,26)27/h1-6,11,15,21H,7-10,12-13,28-29H2,(H,30,33). The highest BCUT2D eigenvalue weighted by atomic mass is 35.5. The van der Waals surface area contributed by atoms with Gasteiger partial charge in [0.2, 0.25) is 0 Å². The van der Waals surface area contributed by atoms with Gasteiger partial charge in [-0.3, -0.25) is 14.5 Å². The Bertz CT molecular complexity index is 1010. The smallest absolute Gasteiger partial charge is 0.398 e. The van der Waals surface area contributed by atoms with Gasteiger partial charge in [0.05, 0.1) is 18.2 Å². The van der Waals surface area contributed by atoms with Crippen molar-refractivity contribution in [2.45, 2.75) is 35.8 Å². The van der Waals surface area contributed by atoms with Crippen LogP contribution in [0.4, 0.5) is 18.9 Å². The summed E-state index contributed by atoms with van der Waals surface area (Å²) in [6.45, 7) is 1.85. The molecule has 34 heavy (non-hydrogen) atoms. The van der Waals surface area contributed by atoms with Gasteiger partial charge in [0, 0.05) is 22.2 Å². The third kappa shape index (κ3) is 7.63. The van der Waals surface area contributed by atoms with E-state index in [4.69, 9.17) is 23.1 Å². The van der Waals surface area contributed by atoms with Crippen LogP contribution in [-0.4, -0.2) is 47.8 Å². The van der Waals surface area contributed by atoms with E-state index in [0.717, 1.165) is 18.7 Å². The molecule has 1 fully saturated rings. The number of Topliss-reactive ketones (excluding diaryl/α,β-unsaturated/α-hetero) is 1. The number of halogens is 4. The molecule has 1 aliphatic rings. The lowest BCUT2D eigenvalue weighted by Gasteiger charge is -2.34. The highest BCUT2D eigenvalue weighted by Gasteiger charge is 2.30. The van der Waals surface area contributed by atoms with Crippen LogP contribution >= 0.6 is 23.4 Å². The van der Waals surface area contributed by atoms with E-state index < -0.39 is 17.5 Å². The van der Waals surface area contributed by atoms with Gasteiger partial charge in [0.1, 0.15) is 0 Å². The summed E-state index contributed by atoms with van der Waals surface area (Å²) >= 11 is 5.77. The summed E-state index contributed by atoms with van der Waals surface area (Å²) in [6.07, 6.45) is 1.42. The molecule has 1 amide bonds. The lowest BCUT2D eigenvalue weighted by molar-refractivity contribution is -0.120. The van der Waals surface area contributed by atoms with Gasteiger partial charge in [-0.25, -0.2) is 0 Å². The number of piperidine rings is 1. The molecule has 0 saturated carbocycles. The molecule has 1 unspecified atom stereocenters. The number of amides is 1. The zero-order chi connectivity index (χ0) is 24.9. The van der Waals surface area contributed by atoms with Gasteiger partial charge in [0.25, 0.3) is 5.91 Å². The van der Waals surface area contributed by atoms with Crippen LogP contribution in [0.5, 0.6) is 0 Å². The van der Waals surface area contributed by atoms with Crippen molar-refractivity contribution < 1.29 is 22.8 Å². The molecule has 1 saturated heterocycles. The molecule has 1 aliphatic heterocycles. The number of carbonyl (C=O) groups is 2. The number of nitrogens with two attached hydrogens (primary N) is 2. The molecule has 0 aromatic heterocycles. The lowest BCUT2D eigenvalue weighted by Crippen LogP contribution is -2.47. The van der Waals surface area contributed by atoms with Crippen molar-refractivity contribution >= 4 is 40.7 Å². The van der Waals surface area contributed by atoms with E-state index in [-0.39, 0.29) is 46.2 Å². The fourth-order valence-corrected chi connectivity index (χ4v) is 4.60. The maximum atomic E-state index is 12.5. The Hall–Kier alpha value is -2.27. The van der Waals surface area contributed by atoms with Gasteiger partial charge >= 0.3 is 5.51 Å². The van der Waals surface area contributed by atoms with Crippen LogP contribution < -0.4 is 16.8 Å². The monoisotopic (exact) mass is 514 g/mol. The maximum Gasteiger partial charge on any atom is 0.446 e. The topological polar surface area (TPSA) is 101 Å². The molecule has 2 aromatic carbocycles. The molecule has 0 radical (unpaired) electrons. The molecule has 1 heterocycles. The normalized spacial score (nSPS) is 16.3. The van der Waals surface area contributed by atoms with Crippen molar-refractivity contribution in [1.29, 1.82) is 0 Å². The maximum absolute atomic E-state index is 12.5. The number of thioether (sulfide) groups is 1. The van der Waals surface area contributed by atoms with E-state index in [0.29, 0.717) is 24.4 Å². The number of alkyl halides is 3. The number of hydrogen-bond acceptors (Lipinski definition) is 6. The fourth-order valence-electron chi connectivity index (χ4n) is 3.89. The Morgan fingerprint density at radius 2 is 1.79 bits per heavy atom. The molecule has 3 rings (SSSR count). The first-order valence-corrected chi connectivity index (χ1v) is 11.9. The Balaban J connectivity index is 1.44. The third-order valence-corrected chi connectivity index (χ3v) is 6.73. The van der Waals surface area contributed by atoms with Crippen molar-refractivity contribution in [1.82, 2.24) is 10.2 Å². The van der Waals surface area contributed by atoms with E-state index in [1.165, 1.54) is 24.3 Å². The number of hydrogen-bond donors (Lipinski definition) is 3. The Morgan fingerprint density at radius 3 is 2.41 bits per heavy atom. The first-order chi connectivity index (χ1) is 16.0. The van der Waals surface area contributed by atoms with Gasteiger partial charge in [0.15, 0.2) is 5.78 Å². The van der Waals surface area contributed by atoms with Crippen LogP contribution in [0.1, 0.15) is 28.8 Å². The number of carbonyl (C=O) groups excluding carboxylic acids is 2. The molecule has 2 aromatic rings. The number of nitrogen functional groups attached to an aromatic ring is 1. The summed E-state index contributed by atoms with van der Waals surface area (Å²) in [7, 11) is 0. The second-order valence-electron chi connectivity index (χ2n) is 8.21. The predicted molar refractivity (Wildman–Crippen MR) is 128 cm³/mol. The number of nitrogens with one attached hydrogen (secondary N) is 1. The molecule has 0 aliphatic carbocycles. The SMILES string of the molecule is Nc1ccc(Cl)cc1C(=O)NCC(=O)C(N)C1CCN(Cc2ccc(SC(F)(F)F)cc2)CC1. The highest BCUT2D eigenvalue weighted by Crippen LogP contribution is 2.36. The molecular formula is C23H26ClF3N4O2S. The minimum Gasteiger partial charge on any atom is -0.398 e. The van der Waals surface area contributed by atoms with Gasteiger partial charge in [-0.2, -0.15) is 13.2 Å². The number of nitrogens with zero attached hydrogens (tertiary/aromatic N) is 1. The molecule has 1 atom stereocenters. The summed E-state index contributed by atoms with van der Waals surface area (Å²) in [5.74, 6) is -0.761. The number of ketones is 1. The van der Waals surface area contributed by atoms with Crippen molar-refractivity contribution in [3.63, 3.8) is 0 Å². The minimum absolute atomic E-state index is 0.0116. The van der Waals surface area contributed by atoms with E-state index in [1.54, 1.807) is 18.2 Å². The Morgan fingerprint density at radius 1 is 1.15 bits per heavy atom. The van der Waals surface area contributed by atoms with Gasteiger partial charge < -0.3 is 16.8 Å². The minimum atomic E-state index is -4.30. The zero-order valence-corrected chi connectivity index (χ0v) is 19.8. The van der Waals surface area contributed by atoms with Gasteiger partial charge in [-0.15, -0.1) is 0 Å². The van der Waals surface area contributed by atoms with E-state index >= 15 is 0 Å². The van der Waals surface area contributed by atoms with E-state index in [9.17, 15) is 22.8 Å². The Kier molecular flexibility index (Phi) is 8.86. The van der Waals surface area contributed by atoms with Gasteiger partial charge in [-0.05, 0) is 79.5 Å². The summed E-state index contributed by atoms with van der Waals surface area (Å²) in [5.41, 5.74) is 9.06. The first kappa shape index (κ1) is 26.3. The average molecular weight is 515 g/mol. The molecule has 11 heteroatoms. The number of benzene rings is 2. The number of anilines is 1. The molecular weight excluding hydrogens is 489 g/mol. The molecule has 0 bridgehead atoms. The largest absolute Gasteiger partial charge is 0.446 e. The summed E-state index contributed by atoms with van der Waals surface area (Å²) in [4.78, 5) is 27.2. The van der Waals surface area contributed by atoms with Crippen molar-refractivity contribution in [3.05, 3.63) is 58.6 Å². The molecule has 5 N–H and O–H groups in total. The van der Waals surface area contributed by atoms with Crippen LogP contribution in [0.15, 0.2) is 47.4 Å². The van der Waals surface area contributed by atoms with Crippen molar-refractivity contribution in [2.75, 3.05) is 25.4 Å². The lowest BCUT2D eigenvalue weighted by atomic mass is 9.87. The van der Waals surface area contributed by atoms with Crippen LogP contribution in [0.2, 0.25) is 5.02 Å².